The normalized spacial score (nSPS) is 10.3. The van der Waals surface area contributed by atoms with Gasteiger partial charge in [0.15, 0.2) is 0 Å². The van der Waals surface area contributed by atoms with Gasteiger partial charge in [-0.15, -0.1) is 11.3 Å². The Morgan fingerprint density at radius 3 is 2.55 bits per heavy atom. The van der Waals surface area contributed by atoms with Gasteiger partial charge in [-0.05, 0) is 29.1 Å². The van der Waals surface area contributed by atoms with Crippen LogP contribution in [0.5, 0.6) is 0 Å². The third-order valence-electron chi connectivity index (χ3n) is 3.14. The van der Waals surface area contributed by atoms with Gasteiger partial charge >= 0.3 is 0 Å². The molecular weight excluding hydrogens is 320 g/mol. The first-order valence-electron chi connectivity index (χ1n) is 6.88. The van der Waals surface area contributed by atoms with Crippen LogP contribution in [0.1, 0.15) is 22.2 Å². The standard InChI is InChI=1S/C16H17ClN2O2S/c1-12(20)19(11-13-4-6-14(17)7-5-13)9-8-18-16(21)15-3-2-10-22-15/h2-7,10H,8-9,11H2,1H3,(H,18,21). The quantitative estimate of drug-likeness (QED) is 0.880. The second-order valence-electron chi connectivity index (χ2n) is 4.80. The topological polar surface area (TPSA) is 49.4 Å². The van der Waals surface area contributed by atoms with E-state index in [0.717, 1.165) is 5.56 Å². The van der Waals surface area contributed by atoms with Crippen molar-refractivity contribution in [2.24, 2.45) is 0 Å². The van der Waals surface area contributed by atoms with Crippen molar-refractivity contribution in [3.63, 3.8) is 0 Å². The van der Waals surface area contributed by atoms with Crippen molar-refractivity contribution in [3.8, 4) is 0 Å². The molecule has 1 aromatic carbocycles. The Hall–Kier alpha value is -1.85. The fourth-order valence-electron chi connectivity index (χ4n) is 1.96. The molecular formula is C16H17ClN2O2S. The lowest BCUT2D eigenvalue weighted by atomic mass is 10.2. The molecule has 116 valence electrons. The molecule has 4 nitrogen and oxygen atoms in total. The minimum Gasteiger partial charge on any atom is -0.350 e. The van der Waals surface area contributed by atoms with E-state index in [1.807, 2.05) is 23.6 Å². The Morgan fingerprint density at radius 1 is 1.23 bits per heavy atom. The first-order chi connectivity index (χ1) is 10.6. The summed E-state index contributed by atoms with van der Waals surface area (Å²) in [7, 11) is 0. The molecule has 0 aliphatic carbocycles. The monoisotopic (exact) mass is 336 g/mol. The van der Waals surface area contributed by atoms with E-state index in [1.54, 1.807) is 23.1 Å². The third kappa shape index (κ3) is 4.86. The van der Waals surface area contributed by atoms with Gasteiger partial charge in [0.2, 0.25) is 5.91 Å². The van der Waals surface area contributed by atoms with Crippen LogP contribution in [0, 0.1) is 0 Å². The number of carbonyl (C=O) groups is 2. The number of hydrogen-bond acceptors (Lipinski definition) is 3. The largest absolute Gasteiger partial charge is 0.350 e. The highest BCUT2D eigenvalue weighted by Gasteiger charge is 2.11. The fourth-order valence-corrected chi connectivity index (χ4v) is 2.72. The van der Waals surface area contributed by atoms with Crippen LogP contribution in [0.15, 0.2) is 41.8 Å². The van der Waals surface area contributed by atoms with Gasteiger partial charge in [0.05, 0.1) is 4.88 Å². The summed E-state index contributed by atoms with van der Waals surface area (Å²) in [5, 5.41) is 5.35. The summed E-state index contributed by atoms with van der Waals surface area (Å²) in [6.07, 6.45) is 0. The number of nitrogens with zero attached hydrogens (tertiary/aromatic N) is 1. The van der Waals surface area contributed by atoms with E-state index in [-0.39, 0.29) is 11.8 Å². The van der Waals surface area contributed by atoms with E-state index in [9.17, 15) is 9.59 Å². The number of rotatable bonds is 6. The van der Waals surface area contributed by atoms with E-state index >= 15 is 0 Å². The number of carbonyl (C=O) groups excluding carboxylic acids is 2. The van der Waals surface area contributed by atoms with E-state index in [0.29, 0.717) is 29.5 Å². The lowest BCUT2D eigenvalue weighted by Crippen LogP contribution is -2.36. The van der Waals surface area contributed by atoms with Crippen molar-refractivity contribution >= 4 is 34.8 Å². The zero-order chi connectivity index (χ0) is 15.9. The SMILES string of the molecule is CC(=O)N(CCNC(=O)c1cccs1)Cc1ccc(Cl)cc1. The molecule has 0 fully saturated rings. The molecule has 6 heteroatoms. The maximum absolute atomic E-state index is 11.8. The summed E-state index contributed by atoms with van der Waals surface area (Å²) < 4.78 is 0. The summed E-state index contributed by atoms with van der Waals surface area (Å²) in [4.78, 5) is 25.9. The van der Waals surface area contributed by atoms with Gasteiger partial charge < -0.3 is 10.2 Å². The molecule has 2 rings (SSSR count). The highest BCUT2D eigenvalue weighted by molar-refractivity contribution is 7.12. The zero-order valence-corrected chi connectivity index (χ0v) is 13.8. The molecule has 0 bridgehead atoms. The van der Waals surface area contributed by atoms with Crippen molar-refractivity contribution in [3.05, 3.63) is 57.2 Å². The van der Waals surface area contributed by atoms with Crippen LogP contribution in [0.25, 0.3) is 0 Å². The molecule has 2 aromatic rings. The predicted molar refractivity (Wildman–Crippen MR) is 89.2 cm³/mol. The molecule has 0 aliphatic heterocycles. The smallest absolute Gasteiger partial charge is 0.261 e. The van der Waals surface area contributed by atoms with Gasteiger partial charge in [0.1, 0.15) is 0 Å². The average molecular weight is 337 g/mol. The number of amides is 2. The van der Waals surface area contributed by atoms with Crippen LogP contribution in [0.2, 0.25) is 5.02 Å². The number of nitrogens with one attached hydrogen (secondary N) is 1. The van der Waals surface area contributed by atoms with Crippen molar-refractivity contribution in [1.82, 2.24) is 10.2 Å². The van der Waals surface area contributed by atoms with Gasteiger partial charge in [0, 0.05) is 31.6 Å². The maximum atomic E-state index is 11.8. The molecule has 22 heavy (non-hydrogen) atoms. The first kappa shape index (κ1) is 16.5. The van der Waals surface area contributed by atoms with Gasteiger partial charge in [-0.2, -0.15) is 0 Å². The summed E-state index contributed by atoms with van der Waals surface area (Å²) in [6.45, 7) is 2.91. The Balaban J connectivity index is 1.85. The second kappa shape index (κ2) is 7.96. The van der Waals surface area contributed by atoms with Crippen molar-refractivity contribution < 1.29 is 9.59 Å². The van der Waals surface area contributed by atoms with E-state index in [2.05, 4.69) is 5.32 Å². The van der Waals surface area contributed by atoms with Crippen LogP contribution in [0.4, 0.5) is 0 Å². The number of benzene rings is 1. The van der Waals surface area contributed by atoms with Gasteiger partial charge in [-0.25, -0.2) is 0 Å². The van der Waals surface area contributed by atoms with E-state index < -0.39 is 0 Å². The van der Waals surface area contributed by atoms with E-state index in [1.165, 1.54) is 18.3 Å². The van der Waals surface area contributed by atoms with Crippen molar-refractivity contribution in [1.29, 1.82) is 0 Å². The number of hydrogen-bond donors (Lipinski definition) is 1. The molecule has 1 aromatic heterocycles. The number of halogens is 1. The molecule has 0 saturated carbocycles. The molecule has 0 saturated heterocycles. The molecule has 0 radical (unpaired) electrons. The summed E-state index contributed by atoms with van der Waals surface area (Å²) >= 11 is 7.25. The van der Waals surface area contributed by atoms with Crippen LogP contribution in [-0.4, -0.2) is 29.8 Å². The van der Waals surface area contributed by atoms with Gasteiger partial charge in [-0.3, -0.25) is 9.59 Å². The molecule has 1 N–H and O–H groups in total. The zero-order valence-electron chi connectivity index (χ0n) is 12.2. The van der Waals surface area contributed by atoms with Crippen LogP contribution < -0.4 is 5.32 Å². The summed E-state index contributed by atoms with van der Waals surface area (Å²) in [6, 6.07) is 11.0. The van der Waals surface area contributed by atoms with Crippen LogP contribution in [-0.2, 0) is 11.3 Å². The Morgan fingerprint density at radius 2 is 1.95 bits per heavy atom. The molecule has 1 heterocycles. The molecule has 0 spiro atoms. The number of thiophene rings is 1. The summed E-state index contributed by atoms with van der Waals surface area (Å²) in [5.74, 6) is -0.134. The Labute approximate surface area is 138 Å². The maximum Gasteiger partial charge on any atom is 0.261 e. The lowest BCUT2D eigenvalue weighted by Gasteiger charge is -2.21. The highest BCUT2D eigenvalue weighted by atomic mass is 35.5. The van der Waals surface area contributed by atoms with Crippen LogP contribution >= 0.6 is 22.9 Å². The lowest BCUT2D eigenvalue weighted by molar-refractivity contribution is -0.129. The Bertz CT molecular complexity index is 626. The summed E-state index contributed by atoms with van der Waals surface area (Å²) in [5.41, 5.74) is 1.00. The van der Waals surface area contributed by atoms with Crippen LogP contribution in [0.3, 0.4) is 0 Å². The minimum atomic E-state index is -0.106. The van der Waals surface area contributed by atoms with Crippen molar-refractivity contribution in [2.75, 3.05) is 13.1 Å². The highest BCUT2D eigenvalue weighted by Crippen LogP contribution is 2.11. The molecule has 2 amide bonds. The second-order valence-corrected chi connectivity index (χ2v) is 6.18. The Kier molecular flexibility index (Phi) is 5.98. The minimum absolute atomic E-state index is 0.0275. The first-order valence-corrected chi connectivity index (χ1v) is 8.13. The molecule has 0 aliphatic rings. The molecule has 0 unspecified atom stereocenters. The fraction of sp³-hybridized carbons (Fsp3) is 0.250. The van der Waals surface area contributed by atoms with Gasteiger partial charge in [-0.1, -0.05) is 29.8 Å². The molecule has 0 atom stereocenters. The average Bonchev–Trinajstić information content (AvgIpc) is 3.02. The predicted octanol–water partition coefficient (Wildman–Crippen LogP) is 3.18. The third-order valence-corrected chi connectivity index (χ3v) is 4.26. The van der Waals surface area contributed by atoms with Crippen molar-refractivity contribution in [2.45, 2.75) is 13.5 Å². The van der Waals surface area contributed by atoms with Gasteiger partial charge in [0.25, 0.3) is 5.91 Å². The van der Waals surface area contributed by atoms with E-state index in [4.69, 9.17) is 11.6 Å².